The van der Waals surface area contributed by atoms with E-state index in [-0.39, 0.29) is 21.0 Å². The number of carbonyl (C=O) groups excluding carboxylic acids is 1. The number of fused-ring (bicyclic) bond motifs is 1. The third-order valence-electron chi connectivity index (χ3n) is 4.61. The molecule has 0 saturated heterocycles. The summed E-state index contributed by atoms with van der Waals surface area (Å²) in [6.45, 7) is 0. The average molecular weight is 420 g/mol. The van der Waals surface area contributed by atoms with Crippen LogP contribution in [0.2, 0.25) is 0 Å². The Bertz CT molecular complexity index is 1310. The number of para-hydroxylation sites is 1. The molecule has 0 radical (unpaired) electrons. The van der Waals surface area contributed by atoms with E-state index in [1.165, 1.54) is 24.3 Å². The Hall–Kier alpha value is -3.71. The molecule has 150 valence electrons. The minimum atomic E-state index is -4.43. The third kappa shape index (κ3) is 3.75. The Kier molecular flexibility index (Phi) is 5.20. The molecule has 0 aliphatic heterocycles. The second-order valence-corrected chi connectivity index (χ2v) is 8.31. The van der Waals surface area contributed by atoms with Crippen molar-refractivity contribution in [2.24, 2.45) is 0 Å². The highest BCUT2D eigenvalue weighted by Gasteiger charge is 2.25. The summed E-state index contributed by atoms with van der Waals surface area (Å²) < 4.78 is 40.0. The van der Waals surface area contributed by atoms with Crippen molar-refractivity contribution < 1.29 is 17.7 Å². The van der Waals surface area contributed by atoms with Gasteiger partial charge in [0.1, 0.15) is 0 Å². The molecule has 0 fully saturated rings. The maximum absolute atomic E-state index is 14.7. The molecule has 0 atom stereocenters. The SMILES string of the molecule is O=C(Nc1cccc2ccc(S(=O)(=O)N(F)c3ccccc3)cc12)c1ccccc1. The van der Waals surface area contributed by atoms with E-state index in [9.17, 15) is 17.7 Å². The minimum Gasteiger partial charge on any atom is -0.321 e. The number of amides is 1. The Morgan fingerprint density at radius 3 is 2.17 bits per heavy atom. The van der Waals surface area contributed by atoms with Crippen LogP contribution in [0.5, 0.6) is 0 Å². The van der Waals surface area contributed by atoms with E-state index in [0.717, 1.165) is 0 Å². The highest BCUT2D eigenvalue weighted by atomic mass is 32.2. The highest BCUT2D eigenvalue weighted by molar-refractivity contribution is 7.92. The van der Waals surface area contributed by atoms with Crippen LogP contribution < -0.4 is 9.84 Å². The normalized spacial score (nSPS) is 11.2. The van der Waals surface area contributed by atoms with Gasteiger partial charge in [0, 0.05) is 16.6 Å². The number of hydrogen-bond donors (Lipinski definition) is 1. The standard InChI is InChI=1S/C23H17FN2O3S/c24-26(19-11-5-2-6-12-19)30(28,29)20-15-14-17-10-7-13-22(21(17)16-20)25-23(27)18-8-3-1-4-9-18/h1-16H,(H,25,27). The van der Waals surface area contributed by atoms with Crippen LogP contribution in [0.15, 0.2) is 102 Å². The summed E-state index contributed by atoms with van der Waals surface area (Å²) in [5, 5.41) is 4.00. The Balaban J connectivity index is 1.73. The van der Waals surface area contributed by atoms with Crippen LogP contribution in [0.1, 0.15) is 10.4 Å². The molecule has 0 aliphatic carbocycles. The van der Waals surface area contributed by atoms with Gasteiger partial charge in [0.15, 0.2) is 0 Å². The van der Waals surface area contributed by atoms with Crippen LogP contribution in [0.4, 0.5) is 15.9 Å². The average Bonchev–Trinajstić information content (AvgIpc) is 2.79. The number of halogens is 1. The summed E-state index contributed by atoms with van der Waals surface area (Å²) in [4.78, 5) is 12.3. The van der Waals surface area contributed by atoms with Crippen molar-refractivity contribution in [1.82, 2.24) is 0 Å². The largest absolute Gasteiger partial charge is 0.321 e. The number of sulfonamides is 1. The second-order valence-electron chi connectivity index (χ2n) is 6.56. The zero-order chi connectivity index (χ0) is 21.1. The van der Waals surface area contributed by atoms with E-state index < -0.39 is 10.0 Å². The number of rotatable bonds is 5. The number of nitrogens with one attached hydrogen (secondary N) is 1. The lowest BCUT2D eigenvalue weighted by molar-refractivity contribution is 0.102. The van der Waals surface area contributed by atoms with Gasteiger partial charge in [-0.05, 0) is 47.9 Å². The van der Waals surface area contributed by atoms with Gasteiger partial charge in [0.05, 0.1) is 10.6 Å². The molecule has 0 aromatic heterocycles. The first-order valence-corrected chi connectivity index (χ1v) is 10.6. The summed E-state index contributed by atoms with van der Waals surface area (Å²) in [5.41, 5.74) is 0.809. The number of carbonyl (C=O) groups is 1. The molecule has 5 nitrogen and oxygen atoms in total. The lowest BCUT2D eigenvalue weighted by atomic mass is 10.1. The molecule has 0 bridgehead atoms. The Morgan fingerprint density at radius 2 is 1.47 bits per heavy atom. The molecule has 4 aromatic carbocycles. The zero-order valence-electron chi connectivity index (χ0n) is 15.7. The van der Waals surface area contributed by atoms with Gasteiger partial charge in [-0.25, -0.2) is 0 Å². The first-order chi connectivity index (χ1) is 14.5. The van der Waals surface area contributed by atoms with Crippen LogP contribution in [0.25, 0.3) is 10.8 Å². The monoisotopic (exact) mass is 420 g/mol. The molecule has 0 heterocycles. The molecule has 30 heavy (non-hydrogen) atoms. The summed E-state index contributed by atoms with van der Waals surface area (Å²) >= 11 is 0. The summed E-state index contributed by atoms with van der Waals surface area (Å²) in [5.74, 6) is -0.326. The third-order valence-corrected chi connectivity index (χ3v) is 6.09. The number of hydrogen-bond acceptors (Lipinski definition) is 3. The molecule has 0 aliphatic rings. The Labute approximate surface area is 173 Å². The molecule has 7 heteroatoms. The molecule has 0 saturated carbocycles. The molecule has 0 spiro atoms. The van der Waals surface area contributed by atoms with Gasteiger partial charge in [0.25, 0.3) is 15.9 Å². The lowest BCUT2D eigenvalue weighted by Gasteiger charge is -2.15. The smallest absolute Gasteiger partial charge is 0.290 e. The van der Waals surface area contributed by atoms with Gasteiger partial charge < -0.3 is 5.32 Å². The summed E-state index contributed by atoms with van der Waals surface area (Å²) in [6.07, 6.45) is 0. The predicted octanol–water partition coefficient (Wildman–Crippen LogP) is 5.17. The van der Waals surface area contributed by atoms with Crippen molar-refractivity contribution in [1.29, 1.82) is 0 Å². The zero-order valence-corrected chi connectivity index (χ0v) is 16.5. The highest BCUT2D eigenvalue weighted by Crippen LogP contribution is 2.30. The van der Waals surface area contributed by atoms with Gasteiger partial charge in [-0.15, -0.1) is 0 Å². The maximum atomic E-state index is 14.7. The van der Waals surface area contributed by atoms with Crippen molar-refractivity contribution >= 4 is 38.1 Å². The van der Waals surface area contributed by atoms with Crippen LogP contribution in [0.3, 0.4) is 0 Å². The van der Waals surface area contributed by atoms with E-state index >= 15 is 0 Å². The van der Waals surface area contributed by atoms with Gasteiger partial charge in [0.2, 0.25) is 0 Å². The second kappa shape index (κ2) is 7.96. The molecule has 4 rings (SSSR count). The summed E-state index contributed by atoms with van der Waals surface area (Å²) in [7, 11) is -4.43. The molecular weight excluding hydrogens is 403 g/mol. The first-order valence-electron chi connectivity index (χ1n) is 9.12. The maximum Gasteiger partial charge on any atom is 0.290 e. The van der Waals surface area contributed by atoms with Crippen LogP contribution in [0, 0.1) is 0 Å². The van der Waals surface area contributed by atoms with E-state index in [1.807, 2.05) is 0 Å². The fraction of sp³-hybridized carbons (Fsp3) is 0. The van der Waals surface area contributed by atoms with Crippen LogP contribution in [-0.4, -0.2) is 14.3 Å². The van der Waals surface area contributed by atoms with E-state index in [1.54, 1.807) is 72.8 Å². The van der Waals surface area contributed by atoms with Crippen LogP contribution in [-0.2, 0) is 10.0 Å². The van der Waals surface area contributed by atoms with E-state index in [0.29, 0.717) is 22.0 Å². The van der Waals surface area contributed by atoms with Gasteiger partial charge in [-0.2, -0.15) is 8.42 Å². The number of nitrogens with zero attached hydrogens (tertiary/aromatic N) is 1. The van der Waals surface area contributed by atoms with Gasteiger partial charge >= 0.3 is 0 Å². The van der Waals surface area contributed by atoms with Crippen molar-refractivity contribution in [3.05, 3.63) is 103 Å². The fourth-order valence-electron chi connectivity index (χ4n) is 3.08. The predicted molar refractivity (Wildman–Crippen MR) is 116 cm³/mol. The molecule has 1 amide bonds. The molecular formula is C23H17FN2O3S. The molecule has 4 aromatic rings. The molecule has 1 N–H and O–H groups in total. The molecule has 0 unspecified atom stereocenters. The van der Waals surface area contributed by atoms with Gasteiger partial charge in [-0.1, -0.05) is 63.6 Å². The topological polar surface area (TPSA) is 66.5 Å². The van der Waals surface area contributed by atoms with Crippen molar-refractivity contribution in [2.45, 2.75) is 4.90 Å². The van der Waals surface area contributed by atoms with Crippen LogP contribution >= 0.6 is 0 Å². The van der Waals surface area contributed by atoms with E-state index in [4.69, 9.17) is 0 Å². The quantitative estimate of drug-likeness (QED) is 0.453. The van der Waals surface area contributed by atoms with Gasteiger partial charge in [-0.3, -0.25) is 4.79 Å². The number of anilines is 2. The fourth-order valence-corrected chi connectivity index (χ4v) is 4.17. The van der Waals surface area contributed by atoms with Crippen molar-refractivity contribution in [3.63, 3.8) is 0 Å². The van der Waals surface area contributed by atoms with Crippen molar-refractivity contribution in [2.75, 3.05) is 9.84 Å². The summed E-state index contributed by atoms with van der Waals surface area (Å²) in [6, 6.07) is 25.7. The lowest BCUT2D eigenvalue weighted by Crippen LogP contribution is -2.22. The first kappa shape index (κ1) is 19.6. The van der Waals surface area contributed by atoms with Crippen molar-refractivity contribution in [3.8, 4) is 0 Å². The van der Waals surface area contributed by atoms with E-state index in [2.05, 4.69) is 5.32 Å². The minimum absolute atomic E-state index is 0.0942. The Morgan fingerprint density at radius 1 is 0.800 bits per heavy atom. The number of benzene rings is 4.